The number of amides is 2. The lowest BCUT2D eigenvalue weighted by Crippen LogP contribution is -2.53. The van der Waals surface area contributed by atoms with Crippen molar-refractivity contribution in [3.05, 3.63) is 65.1 Å². The smallest absolute Gasteiger partial charge is 0.410 e. The molecule has 0 saturated carbocycles. The van der Waals surface area contributed by atoms with Gasteiger partial charge in [0.15, 0.2) is 5.82 Å². The number of anilines is 1. The van der Waals surface area contributed by atoms with Crippen molar-refractivity contribution in [2.24, 2.45) is 7.05 Å². The Labute approximate surface area is 221 Å². The molecule has 2 aromatic heterocycles. The van der Waals surface area contributed by atoms with E-state index in [4.69, 9.17) is 16.3 Å². The fourth-order valence-corrected chi connectivity index (χ4v) is 4.57. The molecule has 0 spiro atoms. The summed E-state index contributed by atoms with van der Waals surface area (Å²) in [5.41, 5.74) is 1.71. The lowest BCUT2D eigenvalue weighted by atomic mass is 10.0. The topological polar surface area (TPSA) is 104 Å². The minimum atomic E-state index is -0.620. The van der Waals surface area contributed by atoms with E-state index in [1.165, 1.54) is 4.68 Å². The van der Waals surface area contributed by atoms with Crippen molar-refractivity contribution in [2.45, 2.75) is 45.3 Å². The minimum absolute atomic E-state index is 0.283. The van der Waals surface area contributed by atoms with Gasteiger partial charge >= 0.3 is 6.09 Å². The number of rotatable bonds is 4. The normalized spacial score (nSPS) is 15.7. The van der Waals surface area contributed by atoms with E-state index >= 15 is 0 Å². The summed E-state index contributed by atoms with van der Waals surface area (Å²) in [5.74, 6) is 0.0585. The van der Waals surface area contributed by atoms with Crippen molar-refractivity contribution in [2.75, 3.05) is 18.0 Å². The third kappa shape index (κ3) is 5.75. The molecular weight excluding hydrogens is 492 g/mol. The van der Waals surface area contributed by atoms with E-state index in [-0.39, 0.29) is 11.9 Å². The van der Waals surface area contributed by atoms with Gasteiger partial charge in [0.25, 0.3) is 5.91 Å². The Morgan fingerprint density at radius 3 is 2.59 bits per heavy atom. The van der Waals surface area contributed by atoms with Crippen LogP contribution in [0.15, 0.2) is 48.8 Å². The van der Waals surface area contributed by atoms with Crippen molar-refractivity contribution < 1.29 is 14.3 Å². The molecule has 192 valence electrons. The van der Waals surface area contributed by atoms with E-state index in [0.29, 0.717) is 53.6 Å². The number of aryl methyl sites for hydroxylation is 1. The van der Waals surface area contributed by atoms with E-state index in [2.05, 4.69) is 16.2 Å². The standard InChI is InChI=1S/C27H29ClN6O3/c1-27(2,3)37-26(36)33-14-6-7-20(17-33)34(24-22(28)8-5-13-30-24)25(35)19-11-9-18(10-12-19)21-16-31-32(4)23(21)15-29/h5,8-13,16,20H,6-7,14,17H2,1-4H3/t20-/m1/s1. The number of piperidine rings is 1. The van der Waals surface area contributed by atoms with Crippen LogP contribution in [0.4, 0.5) is 10.6 Å². The van der Waals surface area contributed by atoms with E-state index < -0.39 is 11.7 Å². The van der Waals surface area contributed by atoms with Crippen LogP contribution < -0.4 is 4.90 Å². The molecule has 0 aliphatic carbocycles. The molecule has 0 radical (unpaired) electrons. The zero-order chi connectivity index (χ0) is 26.7. The highest BCUT2D eigenvalue weighted by atomic mass is 35.5. The van der Waals surface area contributed by atoms with E-state index in [0.717, 1.165) is 5.56 Å². The third-order valence-corrected chi connectivity index (χ3v) is 6.38. The zero-order valence-electron chi connectivity index (χ0n) is 21.3. The molecule has 0 bridgehead atoms. The lowest BCUT2D eigenvalue weighted by Gasteiger charge is -2.39. The minimum Gasteiger partial charge on any atom is -0.444 e. The monoisotopic (exact) mass is 520 g/mol. The average molecular weight is 521 g/mol. The van der Waals surface area contributed by atoms with Crippen molar-refractivity contribution in [1.29, 1.82) is 5.26 Å². The third-order valence-electron chi connectivity index (χ3n) is 6.09. The number of hydrogen-bond acceptors (Lipinski definition) is 6. The fourth-order valence-electron chi connectivity index (χ4n) is 4.36. The van der Waals surface area contributed by atoms with Crippen LogP contribution in [0.25, 0.3) is 11.1 Å². The number of likely N-dealkylation sites (tertiary alicyclic amines) is 1. The maximum atomic E-state index is 13.9. The SMILES string of the molecule is Cn1ncc(-c2ccc(C(=O)N(c3ncccc3Cl)[C@@H]3CCCN(C(=O)OC(C)(C)C)C3)cc2)c1C#N. The quantitative estimate of drug-likeness (QED) is 0.476. The second-order valence-electron chi connectivity index (χ2n) is 9.93. The maximum absolute atomic E-state index is 13.9. The Hall–Kier alpha value is -3.90. The highest BCUT2D eigenvalue weighted by Gasteiger charge is 2.35. The largest absolute Gasteiger partial charge is 0.444 e. The Morgan fingerprint density at radius 2 is 1.95 bits per heavy atom. The van der Waals surface area contributed by atoms with Crippen molar-refractivity contribution >= 4 is 29.4 Å². The second kappa shape index (κ2) is 10.6. The summed E-state index contributed by atoms with van der Waals surface area (Å²) in [6, 6.07) is 12.2. The Balaban J connectivity index is 1.65. The van der Waals surface area contributed by atoms with Gasteiger partial charge in [-0.3, -0.25) is 14.4 Å². The van der Waals surface area contributed by atoms with Gasteiger partial charge in [0.1, 0.15) is 17.4 Å². The number of carbonyl (C=O) groups is 2. The molecule has 4 rings (SSSR count). The molecule has 1 fully saturated rings. The molecule has 1 saturated heterocycles. The number of carbonyl (C=O) groups excluding carboxylic acids is 2. The second-order valence-corrected chi connectivity index (χ2v) is 10.3. The van der Waals surface area contributed by atoms with Gasteiger partial charge in [-0.25, -0.2) is 9.78 Å². The molecule has 1 atom stereocenters. The number of nitriles is 1. The Morgan fingerprint density at radius 1 is 1.22 bits per heavy atom. The Kier molecular flexibility index (Phi) is 7.50. The molecule has 0 N–H and O–H groups in total. The number of benzene rings is 1. The maximum Gasteiger partial charge on any atom is 0.410 e. The van der Waals surface area contributed by atoms with Crippen LogP contribution in [0, 0.1) is 11.3 Å². The molecule has 10 heteroatoms. The molecule has 9 nitrogen and oxygen atoms in total. The van der Waals surface area contributed by atoms with Gasteiger partial charge < -0.3 is 9.64 Å². The highest BCUT2D eigenvalue weighted by molar-refractivity contribution is 6.33. The average Bonchev–Trinajstić information content (AvgIpc) is 3.25. The van der Waals surface area contributed by atoms with E-state index in [1.807, 2.05) is 20.8 Å². The fraction of sp³-hybridized carbons (Fsp3) is 0.370. The number of nitrogens with zero attached hydrogens (tertiary/aromatic N) is 6. The predicted molar refractivity (Wildman–Crippen MR) is 140 cm³/mol. The van der Waals surface area contributed by atoms with Gasteiger partial charge in [0, 0.05) is 37.5 Å². The van der Waals surface area contributed by atoms with Gasteiger partial charge in [0.2, 0.25) is 0 Å². The van der Waals surface area contributed by atoms with Crippen LogP contribution in [0.1, 0.15) is 49.7 Å². The van der Waals surface area contributed by atoms with Crippen LogP contribution in [-0.4, -0.2) is 56.4 Å². The summed E-state index contributed by atoms with van der Waals surface area (Å²) in [7, 11) is 1.71. The summed E-state index contributed by atoms with van der Waals surface area (Å²) < 4.78 is 7.08. The van der Waals surface area contributed by atoms with Gasteiger partial charge in [-0.1, -0.05) is 23.7 Å². The highest BCUT2D eigenvalue weighted by Crippen LogP contribution is 2.31. The van der Waals surface area contributed by atoms with E-state index in [1.54, 1.807) is 65.6 Å². The lowest BCUT2D eigenvalue weighted by molar-refractivity contribution is 0.0196. The first-order valence-electron chi connectivity index (χ1n) is 12.0. The first-order valence-corrected chi connectivity index (χ1v) is 12.4. The molecule has 2 amide bonds. The number of halogens is 1. The van der Waals surface area contributed by atoms with Crippen LogP contribution in [0.2, 0.25) is 5.02 Å². The Bertz CT molecular complexity index is 1340. The van der Waals surface area contributed by atoms with E-state index in [9.17, 15) is 14.9 Å². The number of ether oxygens (including phenoxy) is 1. The molecule has 0 unspecified atom stereocenters. The number of hydrogen-bond donors (Lipinski definition) is 0. The molecule has 1 aromatic carbocycles. The predicted octanol–water partition coefficient (Wildman–Crippen LogP) is 5.05. The van der Waals surface area contributed by atoms with Gasteiger partial charge in [0.05, 0.1) is 17.3 Å². The molecule has 3 heterocycles. The van der Waals surface area contributed by atoms with Gasteiger partial charge in [-0.15, -0.1) is 0 Å². The van der Waals surface area contributed by atoms with Crippen molar-refractivity contribution in [3.8, 4) is 17.2 Å². The van der Waals surface area contributed by atoms with Gasteiger partial charge in [-0.05, 0) is 63.4 Å². The van der Waals surface area contributed by atoms with Crippen LogP contribution in [-0.2, 0) is 11.8 Å². The molecule has 3 aromatic rings. The number of pyridine rings is 1. The summed E-state index contributed by atoms with van der Waals surface area (Å²) in [5, 5.41) is 14.0. The first-order chi connectivity index (χ1) is 17.6. The summed E-state index contributed by atoms with van der Waals surface area (Å²) >= 11 is 6.50. The van der Waals surface area contributed by atoms with Crippen molar-refractivity contribution in [3.63, 3.8) is 0 Å². The summed E-state index contributed by atoms with van der Waals surface area (Å²) in [6.45, 7) is 6.32. The van der Waals surface area contributed by atoms with Gasteiger partial charge in [-0.2, -0.15) is 10.4 Å². The van der Waals surface area contributed by atoms with Crippen molar-refractivity contribution in [1.82, 2.24) is 19.7 Å². The van der Waals surface area contributed by atoms with Crippen LogP contribution in [0.3, 0.4) is 0 Å². The summed E-state index contributed by atoms with van der Waals surface area (Å²) in [6.07, 6.45) is 4.19. The molecule has 1 aliphatic heterocycles. The molecular formula is C27H29ClN6O3. The number of aromatic nitrogens is 3. The van der Waals surface area contributed by atoms with Crippen LogP contribution in [0.5, 0.6) is 0 Å². The summed E-state index contributed by atoms with van der Waals surface area (Å²) in [4.78, 5) is 34.3. The molecule has 37 heavy (non-hydrogen) atoms. The molecule has 1 aliphatic rings. The zero-order valence-corrected chi connectivity index (χ0v) is 22.1. The first kappa shape index (κ1) is 26.2. The van der Waals surface area contributed by atoms with Crippen LogP contribution >= 0.6 is 11.6 Å².